The molecule has 0 aliphatic carbocycles. The van der Waals surface area contributed by atoms with E-state index in [1.54, 1.807) is 0 Å². The molecule has 0 aliphatic rings. The van der Waals surface area contributed by atoms with Gasteiger partial charge in [-0.25, -0.2) is 0 Å². The molecule has 0 amide bonds. The Hall–Kier alpha value is 2.89. The summed E-state index contributed by atoms with van der Waals surface area (Å²) in [6.45, 7) is 0. The predicted octanol–water partition coefficient (Wildman–Crippen LogP) is 2.77. The van der Waals surface area contributed by atoms with Crippen LogP contribution in [0, 0.1) is 0 Å². The Bertz CT molecular complexity index is 8.04. The van der Waals surface area contributed by atoms with Crippen molar-refractivity contribution in [1.82, 2.24) is 0 Å². The van der Waals surface area contributed by atoms with E-state index in [4.69, 9.17) is 3.40 Å². The Labute approximate surface area is 106 Å². The van der Waals surface area contributed by atoms with Gasteiger partial charge in [0.1, 0.15) is 0 Å². The van der Waals surface area contributed by atoms with E-state index in [9.17, 15) is 0 Å². The normalized spacial score (nSPS) is 0.571. The monoisotopic (exact) mass is 514 g/mol. The fraction of sp³-hybridized carbons (Fsp3) is 0. The molecule has 0 atom stereocenters. The molecule has 0 saturated heterocycles. The van der Waals surface area contributed by atoms with Gasteiger partial charge in [-0.05, 0) is 0 Å². The van der Waals surface area contributed by atoms with E-state index in [-0.39, 0.29) is 84.9 Å². The van der Waals surface area contributed by atoms with Gasteiger partial charge in [0.15, 0.2) is 0 Å². The number of halogens is 5. The second kappa shape index (κ2) is 66.3. The Morgan fingerprint density at radius 3 is 0.571 bits per heavy atom. The summed E-state index contributed by atoms with van der Waals surface area (Å²) >= 11 is 0.700. The molecule has 0 aromatic rings. The molecule has 0 fully saturated rings. The average molecular weight is 516 g/mol. The summed E-state index contributed by atoms with van der Waals surface area (Å²) in [5.41, 5.74) is 0. The zero-order valence-corrected chi connectivity index (χ0v) is 13.4. The fourth-order valence-corrected chi connectivity index (χ4v) is 0. The first-order chi connectivity index (χ1) is 1.00. The minimum absolute atomic E-state index is 0. The van der Waals surface area contributed by atoms with Crippen molar-refractivity contribution in [2.45, 2.75) is 0 Å². The van der Waals surface area contributed by atoms with Gasteiger partial charge in [-0.1, -0.05) is 0 Å². The van der Waals surface area contributed by atoms with Gasteiger partial charge in [-0.3, -0.25) is 0 Å². The molecule has 0 rings (SSSR count). The van der Waals surface area contributed by atoms with Crippen LogP contribution < -0.4 is 0 Å². The van der Waals surface area contributed by atoms with Gasteiger partial charge in [0.25, 0.3) is 0 Å². The molecule has 52 valence electrons. The van der Waals surface area contributed by atoms with E-state index < -0.39 is 0 Å². The number of rotatable bonds is 0. The van der Waals surface area contributed by atoms with E-state index in [0.29, 0.717) is 19.8 Å². The molecule has 0 aromatic carbocycles. The topological polar surface area (TPSA) is 17.1 Å². The third-order valence-electron chi connectivity index (χ3n) is 0. The van der Waals surface area contributed by atoms with Gasteiger partial charge in [-0.15, -0.1) is 84.9 Å². The standard InChI is InChI=1S/5BrH.Mo.O/h5*1H;;. The van der Waals surface area contributed by atoms with E-state index >= 15 is 0 Å². The van der Waals surface area contributed by atoms with Gasteiger partial charge >= 0.3 is 23.2 Å². The molecule has 0 N–H and O–H groups in total. The van der Waals surface area contributed by atoms with Crippen molar-refractivity contribution in [3.63, 3.8) is 0 Å². The van der Waals surface area contributed by atoms with Crippen LogP contribution in [0.25, 0.3) is 0 Å². The van der Waals surface area contributed by atoms with Gasteiger partial charge in [0.05, 0.1) is 0 Å². The van der Waals surface area contributed by atoms with Gasteiger partial charge in [-0.2, -0.15) is 0 Å². The van der Waals surface area contributed by atoms with E-state index in [1.165, 1.54) is 0 Å². The summed E-state index contributed by atoms with van der Waals surface area (Å²) in [6.07, 6.45) is 0. The molecule has 0 spiro atoms. The summed E-state index contributed by atoms with van der Waals surface area (Å²) in [6, 6.07) is 0. The van der Waals surface area contributed by atoms with Gasteiger partial charge < -0.3 is 0 Å². The van der Waals surface area contributed by atoms with Crippen molar-refractivity contribution in [2.24, 2.45) is 0 Å². The van der Waals surface area contributed by atoms with E-state index in [0.717, 1.165) is 0 Å². The Morgan fingerprint density at radius 2 is 0.571 bits per heavy atom. The third kappa shape index (κ3) is 50.6. The predicted molar refractivity (Wildman–Crippen MR) is 52.3 cm³/mol. The first-order valence-corrected chi connectivity index (χ1v) is 0.986. The molecular weight excluding hydrogens is 511 g/mol. The summed E-state index contributed by atoms with van der Waals surface area (Å²) in [5.74, 6) is 0. The second-order valence-electron chi connectivity index (χ2n) is 0. The maximum absolute atomic E-state index is 8.26. The van der Waals surface area contributed by atoms with Crippen LogP contribution >= 0.6 is 84.9 Å². The SMILES string of the molecule is Br.Br.Br.Br.Br.[O]=[Mo]. The van der Waals surface area contributed by atoms with Crippen LogP contribution in [0.1, 0.15) is 0 Å². The molecule has 0 saturated carbocycles. The zero-order chi connectivity index (χ0) is 2.00. The third-order valence-corrected chi connectivity index (χ3v) is 0. The van der Waals surface area contributed by atoms with Crippen LogP contribution in [-0.4, -0.2) is 0 Å². The van der Waals surface area contributed by atoms with Crippen molar-refractivity contribution < 1.29 is 23.2 Å². The molecule has 7 heteroatoms. The van der Waals surface area contributed by atoms with Crippen molar-refractivity contribution in [1.29, 1.82) is 0 Å². The van der Waals surface area contributed by atoms with Crippen LogP contribution in [0.15, 0.2) is 0 Å². The Balaban J connectivity index is -0.000000000500. The van der Waals surface area contributed by atoms with Crippen LogP contribution in [0.4, 0.5) is 0 Å². The molecular formula is H5Br5MoO. The molecule has 0 unspecified atom stereocenters. The van der Waals surface area contributed by atoms with Crippen LogP contribution in [0.2, 0.25) is 0 Å². The van der Waals surface area contributed by atoms with E-state index in [1.807, 2.05) is 0 Å². The van der Waals surface area contributed by atoms with E-state index in [2.05, 4.69) is 0 Å². The first kappa shape index (κ1) is 51.7. The number of hydrogen-bond acceptors (Lipinski definition) is 1. The van der Waals surface area contributed by atoms with Crippen molar-refractivity contribution in [3.8, 4) is 0 Å². The van der Waals surface area contributed by atoms with Crippen molar-refractivity contribution in [3.05, 3.63) is 0 Å². The van der Waals surface area contributed by atoms with Crippen LogP contribution in [0.3, 0.4) is 0 Å². The molecule has 7 heavy (non-hydrogen) atoms. The minimum atomic E-state index is 0. The van der Waals surface area contributed by atoms with Gasteiger partial charge in [0.2, 0.25) is 0 Å². The van der Waals surface area contributed by atoms with Crippen LogP contribution in [-0.2, 0) is 23.2 Å². The quantitative estimate of drug-likeness (QED) is 0.453. The maximum atomic E-state index is 8.26. The molecule has 0 aromatic heterocycles. The molecule has 0 aliphatic heterocycles. The second-order valence-corrected chi connectivity index (χ2v) is 0. The first-order valence-electron chi connectivity index (χ1n) is 0.167. The zero-order valence-electron chi connectivity index (χ0n) is 2.86. The molecule has 1 nitrogen and oxygen atoms in total. The number of hydrogen-bond donors (Lipinski definition) is 0. The average Bonchev–Trinajstić information content (AvgIpc) is 1.00. The van der Waals surface area contributed by atoms with Gasteiger partial charge in [0, 0.05) is 0 Å². The van der Waals surface area contributed by atoms with Crippen molar-refractivity contribution in [2.75, 3.05) is 0 Å². The fourth-order valence-electron chi connectivity index (χ4n) is 0. The van der Waals surface area contributed by atoms with Crippen molar-refractivity contribution >= 4 is 84.9 Å². The summed E-state index contributed by atoms with van der Waals surface area (Å²) in [5, 5.41) is 0. The Kier molecular flexibility index (Phi) is 489. The summed E-state index contributed by atoms with van der Waals surface area (Å²) in [7, 11) is 0. The van der Waals surface area contributed by atoms with Crippen LogP contribution in [0.5, 0.6) is 0 Å². The summed E-state index contributed by atoms with van der Waals surface area (Å²) < 4.78 is 8.26. The molecule has 0 heterocycles. The molecule has 0 radical (unpaired) electrons. The summed E-state index contributed by atoms with van der Waals surface area (Å²) in [4.78, 5) is 0. The molecule has 0 bridgehead atoms. The Morgan fingerprint density at radius 1 is 0.571 bits per heavy atom.